The van der Waals surface area contributed by atoms with Gasteiger partial charge in [0.15, 0.2) is 34.3 Å². The SMILES string of the molecule is CC(=O)N(Nc1ccc([N+](=O)[O-])cc1[N+](=O)[O-])[C@]1(C(C)=O)C(O)(C(C)=O)O[C@H](CO)[C@](O)(C(C)=O)[C@@]1(O)C(C)=O. The normalized spacial score (nSPS) is 29.7. The highest BCUT2D eigenvalue weighted by atomic mass is 16.7. The van der Waals surface area contributed by atoms with E-state index in [2.05, 4.69) is 0 Å². The maximum atomic E-state index is 13.5. The van der Waals surface area contributed by atoms with Gasteiger partial charge in [0.05, 0.1) is 22.5 Å². The number of benzene rings is 1. The van der Waals surface area contributed by atoms with Crippen LogP contribution in [0.4, 0.5) is 17.1 Å². The Labute approximate surface area is 224 Å². The van der Waals surface area contributed by atoms with Crippen LogP contribution in [-0.2, 0) is 28.7 Å². The Kier molecular flexibility index (Phi) is 8.31. The first kappa shape index (κ1) is 32.0. The van der Waals surface area contributed by atoms with E-state index in [-0.39, 0.29) is 5.01 Å². The lowest BCUT2D eigenvalue weighted by Crippen LogP contribution is -2.94. The molecule has 2 rings (SSSR count). The first-order valence-electron chi connectivity index (χ1n) is 11.2. The highest BCUT2D eigenvalue weighted by molar-refractivity contribution is 6.11. The molecule has 1 saturated heterocycles. The Bertz CT molecular complexity index is 1330. The largest absolute Gasteiger partial charge is 0.394 e. The number of nitrogens with zero attached hydrogens (tertiary/aromatic N) is 3. The molecule has 0 radical (unpaired) electrons. The number of rotatable bonds is 10. The van der Waals surface area contributed by atoms with Crippen molar-refractivity contribution in [2.24, 2.45) is 0 Å². The van der Waals surface area contributed by atoms with Crippen LogP contribution in [0, 0.1) is 20.2 Å². The van der Waals surface area contributed by atoms with Crippen molar-refractivity contribution in [1.29, 1.82) is 0 Å². The van der Waals surface area contributed by atoms with Gasteiger partial charge < -0.3 is 25.2 Å². The van der Waals surface area contributed by atoms with Crippen molar-refractivity contribution < 1.29 is 59.0 Å². The van der Waals surface area contributed by atoms with Crippen LogP contribution in [0.2, 0.25) is 0 Å². The van der Waals surface area contributed by atoms with E-state index in [9.17, 15) is 64.6 Å². The van der Waals surface area contributed by atoms with Crippen molar-refractivity contribution in [2.45, 2.75) is 63.3 Å². The molecule has 1 aromatic rings. The molecule has 0 bridgehead atoms. The number of hydrogen-bond donors (Lipinski definition) is 5. The number of carbonyl (C=O) groups excluding carboxylic acids is 5. The average Bonchev–Trinajstić information content (AvgIpc) is 2.84. The fraction of sp³-hybridized carbons (Fsp3) is 0.500. The molecule has 5 N–H and O–H groups in total. The van der Waals surface area contributed by atoms with E-state index >= 15 is 0 Å². The van der Waals surface area contributed by atoms with Crippen molar-refractivity contribution in [1.82, 2.24) is 5.01 Å². The summed E-state index contributed by atoms with van der Waals surface area (Å²) < 4.78 is 5.18. The minimum Gasteiger partial charge on any atom is -0.394 e. The monoisotopic (exact) mass is 570 g/mol. The van der Waals surface area contributed by atoms with Crippen LogP contribution < -0.4 is 5.43 Å². The third-order valence-corrected chi connectivity index (χ3v) is 6.81. The number of nitrogens with one attached hydrogen (secondary N) is 1. The summed E-state index contributed by atoms with van der Waals surface area (Å²) in [6.07, 6.45) is -2.44. The second-order valence-electron chi connectivity index (χ2n) is 9.03. The zero-order chi connectivity index (χ0) is 31.2. The summed E-state index contributed by atoms with van der Waals surface area (Å²) in [4.78, 5) is 86.2. The van der Waals surface area contributed by atoms with Crippen LogP contribution in [0.5, 0.6) is 0 Å². The van der Waals surface area contributed by atoms with Crippen LogP contribution in [0.25, 0.3) is 0 Å². The van der Waals surface area contributed by atoms with Crippen molar-refractivity contribution in [3.05, 3.63) is 38.4 Å². The van der Waals surface area contributed by atoms with E-state index in [0.29, 0.717) is 46.8 Å². The van der Waals surface area contributed by atoms with Crippen LogP contribution in [0.1, 0.15) is 34.6 Å². The Balaban J connectivity index is 3.19. The molecule has 1 fully saturated rings. The van der Waals surface area contributed by atoms with Crippen LogP contribution in [0.15, 0.2) is 18.2 Å². The number of Topliss-reactive ketones (excluding diaryl/α,β-unsaturated/α-hetero) is 4. The highest BCUT2D eigenvalue weighted by Gasteiger charge is 2.86. The number of anilines is 1. The molecule has 0 saturated carbocycles. The van der Waals surface area contributed by atoms with E-state index in [1.807, 2.05) is 5.43 Å². The minimum absolute atomic E-state index is 0.117. The zero-order valence-electron chi connectivity index (χ0n) is 21.7. The Hall–Kier alpha value is -4.23. The van der Waals surface area contributed by atoms with E-state index in [1.54, 1.807) is 0 Å². The van der Waals surface area contributed by atoms with Crippen LogP contribution in [-0.4, -0.2) is 99.6 Å². The summed E-state index contributed by atoms with van der Waals surface area (Å²) >= 11 is 0. The number of aliphatic hydroxyl groups excluding tert-OH is 1. The molecular weight excluding hydrogens is 544 g/mol. The van der Waals surface area contributed by atoms with Crippen LogP contribution in [0.3, 0.4) is 0 Å². The summed E-state index contributed by atoms with van der Waals surface area (Å²) in [5, 5.41) is 67.7. The molecule has 18 nitrogen and oxygen atoms in total. The smallest absolute Gasteiger partial charge is 0.300 e. The number of amides is 1. The predicted octanol–water partition coefficient (Wildman–Crippen LogP) is -1.68. The number of hydrogen-bond acceptors (Lipinski definition) is 15. The van der Waals surface area contributed by atoms with Gasteiger partial charge in [0.2, 0.25) is 11.4 Å². The number of aliphatic hydroxyl groups is 4. The van der Waals surface area contributed by atoms with E-state index < -0.39 is 91.2 Å². The van der Waals surface area contributed by atoms with Gasteiger partial charge in [-0.25, -0.2) is 5.01 Å². The number of ether oxygens (including phenoxy) is 1. The molecule has 40 heavy (non-hydrogen) atoms. The molecule has 1 aromatic carbocycles. The van der Waals surface area contributed by atoms with Crippen molar-refractivity contribution in [3.8, 4) is 0 Å². The number of hydrazine groups is 1. The van der Waals surface area contributed by atoms with Gasteiger partial charge in [-0.3, -0.25) is 49.6 Å². The third kappa shape index (κ3) is 4.04. The second kappa shape index (κ2) is 10.4. The van der Waals surface area contributed by atoms with Gasteiger partial charge in [-0.05, 0) is 26.8 Å². The predicted molar refractivity (Wildman–Crippen MR) is 128 cm³/mol. The van der Waals surface area contributed by atoms with E-state index in [0.717, 1.165) is 6.07 Å². The quantitative estimate of drug-likeness (QED) is 0.155. The van der Waals surface area contributed by atoms with Gasteiger partial charge >= 0.3 is 5.69 Å². The third-order valence-electron chi connectivity index (χ3n) is 6.81. The molecule has 1 unspecified atom stereocenters. The summed E-state index contributed by atoms with van der Waals surface area (Å²) in [6, 6.07) is 1.87. The molecule has 1 heterocycles. The summed E-state index contributed by atoms with van der Waals surface area (Å²) in [5.74, 6) is -11.7. The molecule has 0 aliphatic carbocycles. The van der Waals surface area contributed by atoms with Gasteiger partial charge in [0, 0.05) is 19.9 Å². The minimum atomic E-state index is -3.99. The fourth-order valence-electron chi connectivity index (χ4n) is 5.00. The van der Waals surface area contributed by atoms with Gasteiger partial charge in [-0.15, -0.1) is 0 Å². The van der Waals surface area contributed by atoms with Gasteiger partial charge in [0.1, 0.15) is 11.8 Å². The topological polar surface area (TPSA) is 277 Å². The molecule has 1 aliphatic heterocycles. The lowest BCUT2D eigenvalue weighted by atomic mass is 9.55. The standard InChI is InChI=1S/C22H26N4O14/c1-10(28)19(33)18(9-27)40-22(35,13(4)31)20(11(2)29,21(19,34)12(3)30)24(14(5)32)23-16-7-6-15(25(36)37)8-17(16)26(38)39/h6-8,18,23,27,33-35H,9H2,1-5H3/t18-,19-,20+,21+,22?/m1/s1. The van der Waals surface area contributed by atoms with E-state index in [4.69, 9.17) is 4.74 Å². The molecule has 0 aromatic heterocycles. The molecule has 18 heteroatoms. The van der Waals surface area contributed by atoms with E-state index in [1.165, 1.54) is 0 Å². The van der Waals surface area contributed by atoms with Crippen LogP contribution >= 0.6 is 0 Å². The first-order chi connectivity index (χ1) is 18.2. The fourth-order valence-corrected chi connectivity index (χ4v) is 5.00. The average molecular weight is 570 g/mol. The number of nitro groups is 2. The number of nitro benzene ring substituents is 2. The Morgan fingerprint density at radius 1 is 0.925 bits per heavy atom. The molecule has 218 valence electrons. The number of non-ortho nitro benzene ring substituents is 1. The number of carbonyl (C=O) groups is 5. The molecule has 5 atom stereocenters. The summed E-state index contributed by atoms with van der Waals surface area (Å²) in [6.45, 7) is 1.47. The van der Waals surface area contributed by atoms with Crippen molar-refractivity contribution in [2.75, 3.05) is 12.0 Å². The van der Waals surface area contributed by atoms with Gasteiger partial charge in [-0.2, -0.15) is 0 Å². The van der Waals surface area contributed by atoms with Gasteiger partial charge in [-0.1, -0.05) is 0 Å². The Morgan fingerprint density at radius 3 is 1.82 bits per heavy atom. The van der Waals surface area contributed by atoms with Crippen molar-refractivity contribution >= 4 is 46.1 Å². The molecule has 0 spiro atoms. The highest BCUT2D eigenvalue weighted by Crippen LogP contribution is 2.54. The number of ketones is 4. The zero-order valence-corrected chi connectivity index (χ0v) is 21.7. The Morgan fingerprint density at radius 2 is 1.48 bits per heavy atom. The van der Waals surface area contributed by atoms with Crippen molar-refractivity contribution in [3.63, 3.8) is 0 Å². The second-order valence-corrected chi connectivity index (χ2v) is 9.03. The lowest BCUT2D eigenvalue weighted by molar-refractivity contribution is -0.393. The first-order valence-corrected chi connectivity index (χ1v) is 11.2. The summed E-state index contributed by atoms with van der Waals surface area (Å²) in [7, 11) is 0. The van der Waals surface area contributed by atoms with Gasteiger partial charge in [0.25, 0.3) is 11.5 Å². The maximum absolute atomic E-state index is 13.5. The molecule has 1 aliphatic rings. The lowest BCUT2D eigenvalue weighted by Gasteiger charge is -2.64. The maximum Gasteiger partial charge on any atom is 0.300 e. The summed E-state index contributed by atoms with van der Waals surface area (Å²) in [5.41, 5.74) is -12.1. The molecular formula is C22H26N4O14. The molecule has 1 amide bonds.